The van der Waals surface area contributed by atoms with Crippen molar-refractivity contribution in [3.63, 3.8) is 0 Å². The maximum absolute atomic E-state index is 13.2. The number of nitrogen functional groups attached to an aromatic ring is 1. The number of likely N-dealkylation sites (N-methyl/N-ethyl adjacent to an activating group) is 1. The largest absolute Gasteiger partial charge is 0.398 e. The summed E-state index contributed by atoms with van der Waals surface area (Å²) in [6, 6.07) is 3.32. The van der Waals surface area contributed by atoms with E-state index >= 15 is 0 Å². The number of ether oxygens (including phenoxy) is 1. The van der Waals surface area contributed by atoms with Crippen molar-refractivity contribution in [1.29, 1.82) is 0 Å². The van der Waals surface area contributed by atoms with Crippen molar-refractivity contribution in [3.05, 3.63) is 24.0 Å². The molecule has 5 nitrogen and oxygen atoms in total. The summed E-state index contributed by atoms with van der Waals surface area (Å²) < 4.78 is 44.3. The Hall–Kier alpha value is -1.18. The average Bonchev–Trinajstić information content (AvgIpc) is 3.21. The van der Waals surface area contributed by atoms with E-state index in [1.54, 1.807) is 0 Å². The van der Waals surface area contributed by atoms with Crippen molar-refractivity contribution in [2.24, 2.45) is 5.92 Å². The lowest BCUT2D eigenvalue weighted by atomic mass is 10.3. The molecule has 0 radical (unpaired) electrons. The normalized spacial score (nSPS) is 15.8. The van der Waals surface area contributed by atoms with Crippen LogP contribution in [0.5, 0.6) is 0 Å². The summed E-state index contributed by atoms with van der Waals surface area (Å²) in [6.07, 6.45) is 2.38. The number of nitrogens with two attached hydrogens (primary N) is 1. The Morgan fingerprint density at radius 2 is 2.15 bits per heavy atom. The van der Waals surface area contributed by atoms with Crippen molar-refractivity contribution in [2.75, 3.05) is 32.5 Å². The van der Waals surface area contributed by atoms with Gasteiger partial charge in [0, 0.05) is 20.2 Å². The molecule has 1 fully saturated rings. The summed E-state index contributed by atoms with van der Waals surface area (Å²) in [5, 5.41) is 0. The summed E-state index contributed by atoms with van der Waals surface area (Å²) in [7, 11) is -2.36. The maximum Gasteiger partial charge on any atom is 0.245 e. The van der Waals surface area contributed by atoms with Crippen molar-refractivity contribution in [3.8, 4) is 0 Å². The second-order valence-electron chi connectivity index (χ2n) is 5.03. The second kappa shape index (κ2) is 6.07. The molecule has 0 aliphatic heterocycles. The number of anilines is 1. The molecule has 0 heterocycles. The van der Waals surface area contributed by atoms with Crippen LogP contribution in [0.4, 0.5) is 10.1 Å². The van der Waals surface area contributed by atoms with Crippen LogP contribution in [0.15, 0.2) is 23.1 Å². The number of nitrogens with zero attached hydrogens (tertiary/aromatic N) is 1. The van der Waals surface area contributed by atoms with Crippen LogP contribution in [0.25, 0.3) is 0 Å². The van der Waals surface area contributed by atoms with Crippen LogP contribution in [0, 0.1) is 11.7 Å². The first-order valence-corrected chi connectivity index (χ1v) is 7.94. The first-order valence-electron chi connectivity index (χ1n) is 6.50. The molecule has 0 spiro atoms. The van der Waals surface area contributed by atoms with E-state index < -0.39 is 15.8 Å². The molecule has 1 aromatic rings. The smallest absolute Gasteiger partial charge is 0.245 e. The van der Waals surface area contributed by atoms with Crippen molar-refractivity contribution in [1.82, 2.24) is 4.31 Å². The summed E-state index contributed by atoms with van der Waals surface area (Å²) in [5.74, 6) is 0.00642. The van der Waals surface area contributed by atoms with E-state index in [9.17, 15) is 12.8 Å². The lowest BCUT2D eigenvalue weighted by Gasteiger charge is -2.18. The highest BCUT2D eigenvalue weighted by atomic mass is 32.2. The molecule has 0 saturated heterocycles. The topological polar surface area (TPSA) is 72.6 Å². The molecule has 0 unspecified atom stereocenters. The second-order valence-corrected chi connectivity index (χ2v) is 7.04. The molecule has 2 N–H and O–H groups in total. The molecule has 1 aliphatic rings. The molecule has 7 heteroatoms. The minimum atomic E-state index is -3.79. The third kappa shape index (κ3) is 3.68. The van der Waals surface area contributed by atoms with Gasteiger partial charge in [-0.05, 0) is 37.0 Å². The monoisotopic (exact) mass is 302 g/mol. The third-order valence-electron chi connectivity index (χ3n) is 3.26. The van der Waals surface area contributed by atoms with E-state index in [1.807, 2.05) is 0 Å². The number of benzene rings is 1. The standard InChI is InChI=1S/C13H19FN2O3S/c1-16(6-7-19-9-10-2-3-10)20(17,18)13-8-11(14)4-5-12(13)15/h4-5,8,10H,2-3,6-7,9,15H2,1H3. The highest BCUT2D eigenvalue weighted by Crippen LogP contribution is 2.28. The van der Waals surface area contributed by atoms with E-state index in [0.29, 0.717) is 19.1 Å². The van der Waals surface area contributed by atoms with Gasteiger partial charge in [0.1, 0.15) is 10.7 Å². The van der Waals surface area contributed by atoms with Gasteiger partial charge in [-0.15, -0.1) is 0 Å². The van der Waals surface area contributed by atoms with Gasteiger partial charge in [-0.25, -0.2) is 12.8 Å². The highest BCUT2D eigenvalue weighted by Gasteiger charge is 2.24. The molecule has 0 amide bonds. The Morgan fingerprint density at radius 3 is 2.80 bits per heavy atom. The fraction of sp³-hybridized carbons (Fsp3) is 0.538. The molecule has 0 bridgehead atoms. The molecule has 1 aromatic carbocycles. The highest BCUT2D eigenvalue weighted by molar-refractivity contribution is 7.89. The zero-order chi connectivity index (χ0) is 14.8. The Balaban J connectivity index is 1.98. The fourth-order valence-electron chi connectivity index (χ4n) is 1.75. The Kier molecular flexibility index (Phi) is 4.62. The van der Waals surface area contributed by atoms with Crippen molar-refractivity contribution in [2.45, 2.75) is 17.7 Å². The first kappa shape index (κ1) is 15.2. The molecule has 1 aliphatic carbocycles. The van der Waals surface area contributed by atoms with Gasteiger partial charge in [0.2, 0.25) is 10.0 Å². The molecule has 0 atom stereocenters. The van der Waals surface area contributed by atoms with Gasteiger partial charge in [-0.2, -0.15) is 4.31 Å². The van der Waals surface area contributed by atoms with E-state index in [2.05, 4.69) is 0 Å². The van der Waals surface area contributed by atoms with Gasteiger partial charge in [0.25, 0.3) is 0 Å². The summed E-state index contributed by atoms with van der Waals surface area (Å²) in [4.78, 5) is -0.206. The fourth-order valence-corrected chi connectivity index (χ4v) is 3.03. The molecule has 20 heavy (non-hydrogen) atoms. The van der Waals surface area contributed by atoms with E-state index in [1.165, 1.54) is 26.0 Å². The minimum absolute atomic E-state index is 0.0390. The summed E-state index contributed by atoms with van der Waals surface area (Å²) in [5.41, 5.74) is 5.65. The van der Waals surface area contributed by atoms with Crippen LogP contribution in [0.1, 0.15) is 12.8 Å². The maximum atomic E-state index is 13.2. The molecule has 2 rings (SSSR count). The van der Waals surface area contributed by atoms with Crippen LogP contribution in [-0.4, -0.2) is 39.5 Å². The molecule has 0 aromatic heterocycles. The van der Waals surface area contributed by atoms with Crippen LogP contribution in [-0.2, 0) is 14.8 Å². The summed E-state index contributed by atoms with van der Waals surface area (Å²) >= 11 is 0. The number of rotatable bonds is 7. The zero-order valence-corrected chi connectivity index (χ0v) is 12.2. The van der Waals surface area contributed by atoms with E-state index in [4.69, 9.17) is 10.5 Å². The summed E-state index contributed by atoms with van der Waals surface area (Å²) in [6.45, 7) is 1.21. The average molecular weight is 302 g/mol. The minimum Gasteiger partial charge on any atom is -0.398 e. The number of halogens is 1. The molecule has 1 saturated carbocycles. The van der Waals surface area contributed by atoms with Crippen molar-refractivity contribution < 1.29 is 17.5 Å². The van der Waals surface area contributed by atoms with Crippen LogP contribution >= 0.6 is 0 Å². The van der Waals surface area contributed by atoms with Gasteiger partial charge in [-0.1, -0.05) is 0 Å². The Labute approximate surface area is 118 Å². The van der Waals surface area contributed by atoms with Crippen LogP contribution in [0.3, 0.4) is 0 Å². The lowest BCUT2D eigenvalue weighted by molar-refractivity contribution is 0.117. The van der Waals surface area contributed by atoms with E-state index in [0.717, 1.165) is 16.4 Å². The molecular weight excluding hydrogens is 283 g/mol. The number of hydrogen-bond donors (Lipinski definition) is 1. The first-order chi connectivity index (χ1) is 9.41. The number of sulfonamides is 1. The number of hydrogen-bond acceptors (Lipinski definition) is 4. The van der Waals surface area contributed by atoms with Gasteiger partial charge in [0.15, 0.2) is 0 Å². The quantitative estimate of drug-likeness (QED) is 0.611. The predicted octanol–water partition coefficient (Wildman–Crippen LogP) is 1.45. The van der Waals surface area contributed by atoms with E-state index in [-0.39, 0.29) is 17.1 Å². The Morgan fingerprint density at radius 1 is 1.45 bits per heavy atom. The molecular formula is C13H19FN2O3S. The lowest BCUT2D eigenvalue weighted by Crippen LogP contribution is -2.31. The van der Waals surface area contributed by atoms with Gasteiger partial charge in [-0.3, -0.25) is 0 Å². The van der Waals surface area contributed by atoms with Crippen LogP contribution in [0.2, 0.25) is 0 Å². The van der Waals surface area contributed by atoms with Gasteiger partial charge >= 0.3 is 0 Å². The third-order valence-corrected chi connectivity index (χ3v) is 5.18. The van der Waals surface area contributed by atoms with Gasteiger partial charge < -0.3 is 10.5 Å². The van der Waals surface area contributed by atoms with Crippen molar-refractivity contribution >= 4 is 15.7 Å². The zero-order valence-electron chi connectivity index (χ0n) is 11.4. The Bertz CT molecular complexity index is 573. The van der Waals surface area contributed by atoms with Crippen LogP contribution < -0.4 is 5.73 Å². The SMILES string of the molecule is CN(CCOCC1CC1)S(=O)(=O)c1cc(F)ccc1N. The van der Waals surface area contributed by atoms with Gasteiger partial charge in [0.05, 0.1) is 12.3 Å². The predicted molar refractivity (Wildman–Crippen MR) is 74.2 cm³/mol. The molecule has 112 valence electrons.